The minimum absolute atomic E-state index is 0.256. The van der Waals surface area contributed by atoms with Gasteiger partial charge in [-0.2, -0.15) is 9.61 Å². The molecule has 0 atom stereocenters. The van der Waals surface area contributed by atoms with Crippen molar-refractivity contribution in [1.29, 1.82) is 0 Å². The van der Waals surface area contributed by atoms with Crippen LogP contribution in [0.5, 0.6) is 17.4 Å². The van der Waals surface area contributed by atoms with E-state index in [1.165, 1.54) is 12.4 Å². The first-order chi connectivity index (χ1) is 17.0. The Kier molecular flexibility index (Phi) is 6.55. The lowest BCUT2D eigenvalue weighted by Gasteiger charge is -2.07. The van der Waals surface area contributed by atoms with Crippen LogP contribution >= 0.6 is 0 Å². The molecule has 4 aromatic rings. The molecule has 0 saturated heterocycles. The molecule has 0 spiro atoms. The summed E-state index contributed by atoms with van der Waals surface area (Å²) in [5.41, 5.74) is 10.1. The van der Waals surface area contributed by atoms with Crippen molar-refractivity contribution in [3.63, 3.8) is 0 Å². The molecule has 35 heavy (non-hydrogen) atoms. The van der Waals surface area contributed by atoms with Crippen LogP contribution < -0.4 is 25.3 Å². The normalized spacial score (nSPS) is 10.3. The topological polar surface area (TPSA) is 113 Å². The quantitative estimate of drug-likeness (QED) is 0.328. The van der Waals surface area contributed by atoms with Gasteiger partial charge in [0.2, 0.25) is 11.8 Å². The van der Waals surface area contributed by atoms with Gasteiger partial charge in [-0.3, -0.25) is 4.79 Å². The van der Waals surface area contributed by atoms with Crippen molar-refractivity contribution in [1.82, 2.24) is 14.6 Å². The Morgan fingerprint density at radius 2 is 1.74 bits per heavy atom. The van der Waals surface area contributed by atoms with E-state index in [9.17, 15) is 4.79 Å². The first-order valence-corrected chi connectivity index (χ1v) is 10.5. The van der Waals surface area contributed by atoms with Gasteiger partial charge in [-0.05, 0) is 35.9 Å². The Balaban J connectivity index is 1.92. The Labute approximate surface area is 202 Å². The molecular formula is C26H23N5O4. The van der Waals surface area contributed by atoms with Gasteiger partial charge in [0.05, 0.1) is 32.5 Å². The number of benzene rings is 2. The molecule has 0 bridgehead atoms. The highest BCUT2D eigenvalue weighted by Gasteiger charge is 2.23. The van der Waals surface area contributed by atoms with Gasteiger partial charge < -0.3 is 25.3 Å². The van der Waals surface area contributed by atoms with E-state index in [1.807, 2.05) is 24.3 Å². The maximum Gasteiger partial charge on any atom is 0.247 e. The summed E-state index contributed by atoms with van der Waals surface area (Å²) in [7, 11) is 4.71. The van der Waals surface area contributed by atoms with E-state index in [0.717, 1.165) is 5.56 Å². The van der Waals surface area contributed by atoms with Gasteiger partial charge in [-0.1, -0.05) is 30.6 Å². The second kappa shape index (κ2) is 9.89. The van der Waals surface area contributed by atoms with Gasteiger partial charge in [0.25, 0.3) is 0 Å². The first kappa shape index (κ1) is 23.2. The van der Waals surface area contributed by atoms with Gasteiger partial charge in [-0.15, -0.1) is 0 Å². The highest BCUT2D eigenvalue weighted by molar-refractivity contribution is 5.99. The van der Waals surface area contributed by atoms with Crippen LogP contribution in [0.1, 0.15) is 11.1 Å². The average Bonchev–Trinajstić information content (AvgIpc) is 3.22. The predicted octanol–water partition coefficient (Wildman–Crippen LogP) is 3.53. The molecule has 4 rings (SSSR count). The van der Waals surface area contributed by atoms with Crippen molar-refractivity contribution < 1.29 is 19.0 Å². The first-order valence-electron chi connectivity index (χ1n) is 10.5. The summed E-state index contributed by atoms with van der Waals surface area (Å²) >= 11 is 0. The number of nitrogen functional groups attached to an aromatic ring is 1. The maximum atomic E-state index is 11.6. The Bertz CT molecular complexity index is 1460. The van der Waals surface area contributed by atoms with Crippen LogP contribution in [0.2, 0.25) is 0 Å². The molecule has 0 saturated carbocycles. The molecule has 0 radical (unpaired) electrons. The lowest BCUT2D eigenvalue weighted by molar-refractivity contribution is -0.111. The fourth-order valence-electron chi connectivity index (χ4n) is 3.59. The number of nitrogens with zero attached hydrogens (tertiary/aromatic N) is 3. The minimum Gasteiger partial charge on any atom is -0.497 e. The number of nitrogens with two attached hydrogens (primary N) is 1. The van der Waals surface area contributed by atoms with Crippen molar-refractivity contribution in [3.8, 4) is 40.3 Å². The molecule has 0 fully saturated rings. The molecule has 0 aliphatic heterocycles. The number of aromatic nitrogens is 3. The molecule has 0 unspecified atom stereocenters. The fraction of sp³-hybridized carbons (Fsp3) is 0.115. The van der Waals surface area contributed by atoms with Crippen molar-refractivity contribution in [2.45, 2.75) is 0 Å². The lowest BCUT2D eigenvalue weighted by atomic mass is 10.0. The van der Waals surface area contributed by atoms with E-state index < -0.39 is 0 Å². The van der Waals surface area contributed by atoms with Crippen LogP contribution in [0.15, 0.2) is 61.4 Å². The second-order valence-corrected chi connectivity index (χ2v) is 7.29. The molecule has 2 aromatic carbocycles. The fourth-order valence-corrected chi connectivity index (χ4v) is 3.59. The van der Waals surface area contributed by atoms with E-state index in [0.29, 0.717) is 45.3 Å². The number of carbonyl (C=O) groups excluding carboxylic acids is 1. The number of hydrogen-bond acceptors (Lipinski definition) is 7. The number of methoxy groups -OCH3 is 3. The smallest absolute Gasteiger partial charge is 0.247 e. The number of rotatable bonds is 6. The number of anilines is 2. The van der Waals surface area contributed by atoms with Gasteiger partial charge in [0.1, 0.15) is 23.3 Å². The summed E-state index contributed by atoms with van der Waals surface area (Å²) in [4.78, 5) is 15.8. The van der Waals surface area contributed by atoms with E-state index in [-0.39, 0.29) is 11.7 Å². The molecule has 1 amide bonds. The SMILES string of the molecule is C=CC(=O)Nc1ccc(-c2c(C#Cc3cc(OC)cc(OC)c3)c3c(N)ncnn3c2OC)cc1. The average molecular weight is 470 g/mol. The molecule has 2 aromatic heterocycles. The highest BCUT2D eigenvalue weighted by atomic mass is 16.5. The maximum absolute atomic E-state index is 11.6. The molecule has 9 nitrogen and oxygen atoms in total. The molecular weight excluding hydrogens is 446 g/mol. The number of nitrogens with one attached hydrogen (secondary N) is 1. The standard InChI is InChI=1S/C26H23N5O4/c1-5-22(32)30-18-9-7-17(8-10-18)23-21(24-25(27)28-15-29-31(24)26(23)35-4)11-6-16-12-19(33-2)14-20(13-16)34-3/h5,7-10,12-15H,1H2,2-4H3,(H,30,32)(H2,27,28,29). The van der Waals surface area contributed by atoms with Crippen LogP contribution in [0.25, 0.3) is 16.6 Å². The zero-order valence-corrected chi connectivity index (χ0v) is 19.5. The summed E-state index contributed by atoms with van der Waals surface area (Å²) in [6, 6.07) is 12.6. The van der Waals surface area contributed by atoms with Gasteiger partial charge >= 0.3 is 0 Å². The third-order valence-electron chi connectivity index (χ3n) is 5.21. The third kappa shape index (κ3) is 4.58. The summed E-state index contributed by atoms with van der Waals surface area (Å²) < 4.78 is 18.0. The van der Waals surface area contributed by atoms with E-state index >= 15 is 0 Å². The largest absolute Gasteiger partial charge is 0.497 e. The van der Waals surface area contributed by atoms with E-state index in [1.54, 1.807) is 44.0 Å². The van der Waals surface area contributed by atoms with Crippen LogP contribution in [0.3, 0.4) is 0 Å². The zero-order chi connectivity index (χ0) is 24.9. The third-order valence-corrected chi connectivity index (χ3v) is 5.21. The molecule has 3 N–H and O–H groups in total. The van der Waals surface area contributed by atoms with Crippen molar-refractivity contribution in [3.05, 3.63) is 72.6 Å². The van der Waals surface area contributed by atoms with Gasteiger partial charge in [0.15, 0.2) is 5.82 Å². The van der Waals surface area contributed by atoms with E-state index in [2.05, 4.69) is 33.8 Å². The zero-order valence-electron chi connectivity index (χ0n) is 19.5. The molecule has 2 heterocycles. The molecule has 0 aliphatic rings. The summed E-state index contributed by atoms with van der Waals surface area (Å²) in [5, 5.41) is 7.05. The molecule has 176 valence electrons. The number of ether oxygens (including phenoxy) is 3. The van der Waals surface area contributed by atoms with E-state index in [4.69, 9.17) is 19.9 Å². The summed E-state index contributed by atoms with van der Waals surface area (Å²) in [5.74, 6) is 8.03. The summed E-state index contributed by atoms with van der Waals surface area (Å²) in [6.45, 7) is 3.47. The lowest BCUT2D eigenvalue weighted by Crippen LogP contribution is -2.06. The Morgan fingerprint density at radius 3 is 2.34 bits per heavy atom. The van der Waals surface area contributed by atoms with Gasteiger partial charge in [0, 0.05) is 17.3 Å². The molecule has 9 heteroatoms. The summed E-state index contributed by atoms with van der Waals surface area (Å²) in [6.07, 6.45) is 2.56. The van der Waals surface area contributed by atoms with Crippen molar-refractivity contribution in [2.24, 2.45) is 0 Å². The Hall–Kier alpha value is -4.97. The predicted molar refractivity (Wildman–Crippen MR) is 134 cm³/mol. The van der Waals surface area contributed by atoms with Crippen LogP contribution in [-0.2, 0) is 4.79 Å². The van der Waals surface area contributed by atoms with Crippen LogP contribution in [0, 0.1) is 11.8 Å². The Morgan fingerprint density at radius 1 is 1.06 bits per heavy atom. The minimum atomic E-state index is -0.298. The van der Waals surface area contributed by atoms with Crippen LogP contribution in [-0.4, -0.2) is 41.8 Å². The highest BCUT2D eigenvalue weighted by Crippen LogP contribution is 2.39. The van der Waals surface area contributed by atoms with Crippen molar-refractivity contribution >= 4 is 22.9 Å². The number of carbonyl (C=O) groups is 1. The van der Waals surface area contributed by atoms with Crippen LogP contribution in [0.4, 0.5) is 11.5 Å². The monoisotopic (exact) mass is 469 g/mol. The number of hydrogen-bond donors (Lipinski definition) is 2. The van der Waals surface area contributed by atoms with Gasteiger partial charge in [-0.25, -0.2) is 4.98 Å². The second-order valence-electron chi connectivity index (χ2n) is 7.29. The number of fused-ring (bicyclic) bond motifs is 1. The van der Waals surface area contributed by atoms with Crippen molar-refractivity contribution in [2.75, 3.05) is 32.4 Å². The number of amides is 1. The molecule has 0 aliphatic carbocycles.